The number of hydrogen-bond acceptors (Lipinski definition) is 4. The lowest BCUT2D eigenvalue weighted by Crippen LogP contribution is -2.30. The third-order valence-corrected chi connectivity index (χ3v) is 4.45. The summed E-state index contributed by atoms with van der Waals surface area (Å²) in [6, 6.07) is 0.0425. The van der Waals surface area contributed by atoms with Crippen molar-refractivity contribution in [2.45, 2.75) is 38.8 Å². The van der Waals surface area contributed by atoms with Crippen molar-refractivity contribution in [1.29, 1.82) is 0 Å². The van der Waals surface area contributed by atoms with Gasteiger partial charge in [0.05, 0.1) is 11.2 Å². The lowest BCUT2D eigenvalue weighted by molar-refractivity contribution is 0.534. The van der Waals surface area contributed by atoms with Gasteiger partial charge in [-0.05, 0) is 32.1 Å². The van der Waals surface area contributed by atoms with Crippen LogP contribution in [0.25, 0.3) is 0 Å². The van der Waals surface area contributed by atoms with Crippen molar-refractivity contribution in [2.75, 3.05) is 17.3 Å². The van der Waals surface area contributed by atoms with Gasteiger partial charge in [0.2, 0.25) is 0 Å². The summed E-state index contributed by atoms with van der Waals surface area (Å²) in [6.07, 6.45) is 6.24. The second kappa shape index (κ2) is 6.72. The van der Waals surface area contributed by atoms with Crippen LogP contribution in [0.2, 0.25) is 5.02 Å². The Morgan fingerprint density at radius 3 is 2.90 bits per heavy atom. The van der Waals surface area contributed by atoms with Gasteiger partial charge in [-0.3, -0.25) is 9.00 Å². The lowest BCUT2D eigenvalue weighted by Gasteiger charge is -2.16. The van der Waals surface area contributed by atoms with E-state index in [-0.39, 0.29) is 11.6 Å². The lowest BCUT2D eigenvalue weighted by atomic mass is 10.2. The van der Waals surface area contributed by atoms with Gasteiger partial charge in [-0.25, -0.2) is 4.68 Å². The molecular weight excluding hydrogens is 298 g/mol. The molecule has 0 bridgehead atoms. The molecule has 0 aliphatic heterocycles. The summed E-state index contributed by atoms with van der Waals surface area (Å²) in [5, 5.41) is 7.55. The van der Waals surface area contributed by atoms with Crippen molar-refractivity contribution >= 4 is 28.1 Å². The minimum absolute atomic E-state index is 0.0425. The highest BCUT2D eigenvalue weighted by molar-refractivity contribution is 7.84. The molecule has 0 radical (unpaired) electrons. The van der Waals surface area contributed by atoms with E-state index in [2.05, 4.69) is 10.4 Å². The van der Waals surface area contributed by atoms with Crippen molar-refractivity contribution < 1.29 is 4.21 Å². The highest BCUT2D eigenvalue weighted by Gasteiger charge is 2.23. The van der Waals surface area contributed by atoms with Gasteiger partial charge in [0.1, 0.15) is 5.69 Å². The molecule has 0 aromatic carbocycles. The van der Waals surface area contributed by atoms with E-state index >= 15 is 0 Å². The maximum Gasteiger partial charge on any atom is 0.291 e. The van der Waals surface area contributed by atoms with Crippen molar-refractivity contribution in [2.24, 2.45) is 5.92 Å². The van der Waals surface area contributed by atoms with Crippen LogP contribution in [0.1, 0.15) is 26.2 Å². The Kier molecular flexibility index (Phi) is 5.21. The third kappa shape index (κ3) is 4.31. The molecule has 1 aliphatic carbocycles. The largest absolute Gasteiger partial charge is 0.377 e. The summed E-state index contributed by atoms with van der Waals surface area (Å²) in [4.78, 5) is 12.3. The summed E-state index contributed by atoms with van der Waals surface area (Å²) in [6.45, 7) is 2.62. The van der Waals surface area contributed by atoms with Crippen LogP contribution in [-0.4, -0.2) is 32.0 Å². The Morgan fingerprint density at radius 1 is 1.60 bits per heavy atom. The van der Waals surface area contributed by atoms with Crippen LogP contribution in [0, 0.1) is 5.92 Å². The first kappa shape index (κ1) is 15.5. The minimum Gasteiger partial charge on any atom is -0.377 e. The Balaban J connectivity index is 2.09. The van der Waals surface area contributed by atoms with E-state index in [1.165, 1.54) is 10.9 Å². The number of halogens is 1. The normalized spacial score (nSPS) is 17.8. The first-order valence-corrected chi connectivity index (χ1v) is 8.90. The SMILES string of the molecule is CC(CCS(C)=O)Nc1c(Cl)cnn(CC2CC2)c1=O. The van der Waals surface area contributed by atoms with Crippen molar-refractivity contribution in [3.05, 3.63) is 21.6 Å². The van der Waals surface area contributed by atoms with Crippen molar-refractivity contribution in [3.8, 4) is 0 Å². The van der Waals surface area contributed by atoms with Crippen LogP contribution in [-0.2, 0) is 17.3 Å². The molecule has 2 atom stereocenters. The predicted octanol–water partition coefficient (Wildman–Crippen LogP) is 1.88. The smallest absolute Gasteiger partial charge is 0.291 e. The zero-order valence-electron chi connectivity index (χ0n) is 11.8. The standard InChI is InChI=1S/C13H20ClN3O2S/c1-9(5-6-20(2)19)16-12-11(14)7-15-17(13(12)18)8-10-3-4-10/h7,9-10,16H,3-6,8H2,1-2H3. The van der Waals surface area contributed by atoms with Crippen molar-refractivity contribution in [1.82, 2.24) is 9.78 Å². The number of nitrogens with zero attached hydrogens (tertiary/aromatic N) is 2. The first-order chi connectivity index (χ1) is 9.47. The summed E-state index contributed by atoms with van der Waals surface area (Å²) in [5.74, 6) is 1.18. The molecule has 1 N–H and O–H groups in total. The molecule has 7 heteroatoms. The average Bonchev–Trinajstić information content (AvgIpc) is 3.19. The van der Waals surface area contributed by atoms with Gasteiger partial charge in [-0.15, -0.1) is 0 Å². The van der Waals surface area contributed by atoms with Crippen LogP contribution in [0.4, 0.5) is 5.69 Å². The van der Waals surface area contributed by atoms with E-state index in [0.29, 0.717) is 28.9 Å². The fourth-order valence-electron chi connectivity index (χ4n) is 1.94. The molecule has 0 saturated heterocycles. The van der Waals surface area contributed by atoms with E-state index in [1.807, 2.05) is 6.92 Å². The van der Waals surface area contributed by atoms with Gasteiger partial charge in [-0.2, -0.15) is 5.10 Å². The van der Waals surface area contributed by atoms with Gasteiger partial charge in [0, 0.05) is 35.4 Å². The molecule has 1 heterocycles. The Morgan fingerprint density at radius 2 is 2.30 bits per heavy atom. The molecule has 1 fully saturated rings. The summed E-state index contributed by atoms with van der Waals surface area (Å²) in [5.41, 5.74) is 0.227. The first-order valence-electron chi connectivity index (χ1n) is 6.79. The maximum absolute atomic E-state index is 12.3. The molecule has 2 rings (SSSR count). The third-order valence-electron chi connectivity index (χ3n) is 3.35. The number of aromatic nitrogens is 2. The molecule has 5 nitrogen and oxygen atoms in total. The van der Waals surface area contributed by atoms with Gasteiger partial charge in [-0.1, -0.05) is 11.6 Å². The molecule has 112 valence electrons. The van der Waals surface area contributed by atoms with Gasteiger partial charge >= 0.3 is 0 Å². The summed E-state index contributed by atoms with van der Waals surface area (Å²) < 4.78 is 12.6. The quantitative estimate of drug-likeness (QED) is 0.834. The monoisotopic (exact) mass is 317 g/mol. The number of rotatable bonds is 7. The van der Waals surface area contributed by atoms with Gasteiger partial charge in [0.25, 0.3) is 5.56 Å². The van der Waals surface area contributed by atoms with Crippen LogP contribution < -0.4 is 10.9 Å². The Labute approximate surface area is 126 Å². The Bertz CT molecular complexity index is 557. The number of hydrogen-bond donors (Lipinski definition) is 1. The molecule has 0 amide bonds. The van der Waals surface area contributed by atoms with Gasteiger partial charge < -0.3 is 5.32 Å². The zero-order valence-corrected chi connectivity index (χ0v) is 13.3. The predicted molar refractivity (Wildman–Crippen MR) is 82.9 cm³/mol. The molecule has 2 unspecified atom stereocenters. The van der Waals surface area contributed by atoms with Crippen LogP contribution in [0.5, 0.6) is 0 Å². The Hall–Kier alpha value is -0.880. The zero-order chi connectivity index (χ0) is 14.7. The van der Waals surface area contributed by atoms with E-state index in [0.717, 1.165) is 19.3 Å². The summed E-state index contributed by atoms with van der Waals surface area (Å²) in [7, 11) is -0.827. The van der Waals surface area contributed by atoms with Crippen LogP contribution in [0.3, 0.4) is 0 Å². The molecule has 1 aromatic heterocycles. The summed E-state index contributed by atoms with van der Waals surface area (Å²) >= 11 is 6.06. The van der Waals surface area contributed by atoms with Gasteiger partial charge in [0.15, 0.2) is 0 Å². The minimum atomic E-state index is -0.827. The fourth-order valence-corrected chi connectivity index (χ4v) is 2.80. The van der Waals surface area contributed by atoms with Crippen LogP contribution >= 0.6 is 11.6 Å². The average molecular weight is 318 g/mol. The highest BCUT2D eigenvalue weighted by Crippen LogP contribution is 2.30. The molecule has 20 heavy (non-hydrogen) atoms. The number of anilines is 1. The second-order valence-electron chi connectivity index (χ2n) is 5.41. The molecule has 0 spiro atoms. The van der Waals surface area contributed by atoms with E-state index < -0.39 is 10.8 Å². The molecule has 1 aromatic rings. The number of nitrogens with one attached hydrogen (secondary N) is 1. The van der Waals surface area contributed by atoms with E-state index in [1.54, 1.807) is 6.26 Å². The van der Waals surface area contributed by atoms with E-state index in [4.69, 9.17) is 11.6 Å². The fraction of sp³-hybridized carbons (Fsp3) is 0.692. The molecule has 1 saturated carbocycles. The molecular formula is C13H20ClN3O2S. The van der Waals surface area contributed by atoms with Crippen molar-refractivity contribution in [3.63, 3.8) is 0 Å². The highest BCUT2D eigenvalue weighted by atomic mass is 35.5. The molecule has 1 aliphatic rings. The maximum atomic E-state index is 12.3. The second-order valence-corrected chi connectivity index (χ2v) is 7.37. The topological polar surface area (TPSA) is 64.0 Å². The van der Waals surface area contributed by atoms with Crippen LogP contribution in [0.15, 0.2) is 11.0 Å². The van der Waals surface area contributed by atoms with E-state index in [9.17, 15) is 9.00 Å².